The maximum absolute atomic E-state index is 12.5. The van der Waals surface area contributed by atoms with E-state index in [0.29, 0.717) is 29.2 Å². The third kappa shape index (κ3) is 4.69. The van der Waals surface area contributed by atoms with Crippen molar-refractivity contribution < 1.29 is 8.42 Å². The van der Waals surface area contributed by atoms with Gasteiger partial charge in [0.2, 0.25) is 10.0 Å². The van der Waals surface area contributed by atoms with Crippen LogP contribution in [-0.4, -0.2) is 39.5 Å². The summed E-state index contributed by atoms with van der Waals surface area (Å²) >= 11 is 0. The summed E-state index contributed by atoms with van der Waals surface area (Å²) in [5, 5.41) is 0. The summed E-state index contributed by atoms with van der Waals surface area (Å²) in [4.78, 5) is 2.53. The maximum Gasteiger partial charge on any atom is 0.241 e. The van der Waals surface area contributed by atoms with Gasteiger partial charge in [0.1, 0.15) is 0 Å². The molecule has 0 aliphatic carbocycles. The number of nitrogens with one attached hydrogen (secondary N) is 1. The molecule has 0 aliphatic heterocycles. The van der Waals surface area contributed by atoms with Crippen LogP contribution in [0, 0.1) is 13.8 Å². The van der Waals surface area contributed by atoms with Crippen molar-refractivity contribution in [1.29, 1.82) is 0 Å². The standard InChI is InChI=1S/C15H27N3O2S/c1-5-10-18(6-2)11-9-17-21(19,20)15-12(3)7-8-14(16)13(15)4/h7-8,17H,5-6,9-11,16H2,1-4H3. The van der Waals surface area contributed by atoms with Crippen molar-refractivity contribution in [3.63, 3.8) is 0 Å². The van der Waals surface area contributed by atoms with Gasteiger partial charge < -0.3 is 10.6 Å². The van der Waals surface area contributed by atoms with Gasteiger partial charge in [-0.3, -0.25) is 0 Å². The number of anilines is 1. The summed E-state index contributed by atoms with van der Waals surface area (Å²) in [6.45, 7) is 10.7. The van der Waals surface area contributed by atoms with E-state index in [2.05, 4.69) is 23.5 Å². The lowest BCUT2D eigenvalue weighted by molar-refractivity contribution is 0.293. The van der Waals surface area contributed by atoms with Crippen molar-refractivity contribution in [2.24, 2.45) is 0 Å². The second kappa shape index (κ2) is 7.77. The lowest BCUT2D eigenvalue weighted by atomic mass is 10.1. The molecule has 0 saturated heterocycles. The summed E-state index contributed by atoms with van der Waals surface area (Å²) in [6, 6.07) is 3.48. The number of nitrogen functional groups attached to an aromatic ring is 1. The van der Waals surface area contributed by atoms with Crippen LogP contribution in [0.2, 0.25) is 0 Å². The molecular weight excluding hydrogens is 286 g/mol. The molecule has 5 nitrogen and oxygen atoms in total. The number of likely N-dealkylation sites (N-methyl/N-ethyl adjacent to an activating group) is 1. The molecule has 3 N–H and O–H groups in total. The number of aryl methyl sites for hydroxylation is 1. The molecule has 0 aromatic heterocycles. The Bertz CT molecular complexity index is 571. The van der Waals surface area contributed by atoms with Crippen LogP contribution < -0.4 is 10.5 Å². The molecule has 0 amide bonds. The molecule has 21 heavy (non-hydrogen) atoms. The summed E-state index contributed by atoms with van der Waals surface area (Å²) in [5.41, 5.74) is 7.66. The molecule has 0 spiro atoms. The first-order chi connectivity index (χ1) is 9.83. The molecule has 1 aromatic carbocycles. The van der Waals surface area contributed by atoms with Crippen LogP contribution in [0.15, 0.2) is 17.0 Å². The molecule has 6 heteroatoms. The van der Waals surface area contributed by atoms with Crippen molar-refractivity contribution in [2.75, 3.05) is 31.9 Å². The first kappa shape index (κ1) is 17.9. The Morgan fingerprint density at radius 2 is 1.86 bits per heavy atom. The highest BCUT2D eigenvalue weighted by atomic mass is 32.2. The molecule has 0 saturated carbocycles. The minimum atomic E-state index is -3.52. The van der Waals surface area contributed by atoms with Crippen molar-refractivity contribution in [2.45, 2.75) is 39.0 Å². The second-order valence-corrected chi connectivity index (χ2v) is 6.96. The molecule has 0 bridgehead atoms. The Morgan fingerprint density at radius 3 is 2.43 bits per heavy atom. The summed E-state index contributed by atoms with van der Waals surface area (Å²) in [6.07, 6.45) is 1.06. The van der Waals surface area contributed by atoms with E-state index < -0.39 is 10.0 Å². The Kier molecular flexibility index (Phi) is 6.64. The van der Waals surface area contributed by atoms with Gasteiger partial charge in [-0.15, -0.1) is 0 Å². The molecule has 1 rings (SSSR count). The predicted molar refractivity (Wildman–Crippen MR) is 87.9 cm³/mol. The minimum absolute atomic E-state index is 0.307. The Morgan fingerprint density at radius 1 is 1.19 bits per heavy atom. The highest BCUT2D eigenvalue weighted by Gasteiger charge is 2.20. The Balaban J connectivity index is 2.81. The van der Waals surface area contributed by atoms with Gasteiger partial charge in [-0.1, -0.05) is 19.9 Å². The highest BCUT2D eigenvalue weighted by molar-refractivity contribution is 7.89. The van der Waals surface area contributed by atoms with Crippen LogP contribution in [0.25, 0.3) is 0 Å². The molecular formula is C15H27N3O2S. The molecule has 0 fully saturated rings. The predicted octanol–water partition coefficient (Wildman–Crippen LogP) is 1.90. The summed E-state index contributed by atoms with van der Waals surface area (Å²) in [5.74, 6) is 0. The van der Waals surface area contributed by atoms with Crippen LogP contribution >= 0.6 is 0 Å². The Hall–Kier alpha value is -1.11. The number of rotatable bonds is 8. The highest BCUT2D eigenvalue weighted by Crippen LogP contribution is 2.24. The van der Waals surface area contributed by atoms with Crippen LogP contribution in [0.4, 0.5) is 5.69 Å². The SMILES string of the molecule is CCCN(CC)CCNS(=O)(=O)c1c(C)ccc(N)c1C. The van der Waals surface area contributed by atoms with Gasteiger partial charge in [0, 0.05) is 18.8 Å². The first-order valence-electron chi connectivity index (χ1n) is 7.41. The fourth-order valence-electron chi connectivity index (χ4n) is 2.41. The third-order valence-electron chi connectivity index (χ3n) is 3.62. The lowest BCUT2D eigenvalue weighted by Crippen LogP contribution is -2.35. The zero-order valence-corrected chi connectivity index (χ0v) is 14.3. The van der Waals surface area contributed by atoms with Crippen molar-refractivity contribution >= 4 is 15.7 Å². The van der Waals surface area contributed by atoms with Crippen molar-refractivity contribution in [1.82, 2.24) is 9.62 Å². The van der Waals surface area contributed by atoms with Gasteiger partial charge in [-0.2, -0.15) is 0 Å². The van der Waals surface area contributed by atoms with Gasteiger partial charge in [-0.25, -0.2) is 13.1 Å². The number of nitrogens with two attached hydrogens (primary N) is 1. The van der Waals surface area contributed by atoms with E-state index >= 15 is 0 Å². The van der Waals surface area contributed by atoms with Crippen molar-refractivity contribution in [3.05, 3.63) is 23.3 Å². The molecule has 0 atom stereocenters. The van der Waals surface area contributed by atoms with E-state index in [1.165, 1.54) is 0 Å². The van der Waals surface area contributed by atoms with Crippen LogP contribution in [0.5, 0.6) is 0 Å². The molecule has 0 unspecified atom stereocenters. The van der Waals surface area contributed by atoms with E-state index in [-0.39, 0.29) is 0 Å². The second-order valence-electron chi connectivity index (χ2n) is 5.26. The minimum Gasteiger partial charge on any atom is -0.398 e. The van der Waals surface area contributed by atoms with Crippen LogP contribution in [0.1, 0.15) is 31.4 Å². The van der Waals surface area contributed by atoms with Gasteiger partial charge >= 0.3 is 0 Å². The molecule has 1 aromatic rings. The number of sulfonamides is 1. The molecule has 0 radical (unpaired) electrons. The van der Waals surface area contributed by atoms with Crippen LogP contribution in [0.3, 0.4) is 0 Å². The van der Waals surface area contributed by atoms with E-state index in [4.69, 9.17) is 5.73 Å². The quantitative estimate of drug-likeness (QED) is 0.719. The number of hydrogen-bond donors (Lipinski definition) is 2. The number of benzene rings is 1. The Labute approximate surface area is 128 Å². The molecule has 0 aliphatic rings. The third-order valence-corrected chi connectivity index (χ3v) is 5.37. The number of nitrogens with zero attached hydrogens (tertiary/aromatic N) is 1. The van der Waals surface area contributed by atoms with Gasteiger partial charge in [0.05, 0.1) is 4.90 Å². The first-order valence-corrected chi connectivity index (χ1v) is 8.89. The van der Waals surface area contributed by atoms with E-state index in [9.17, 15) is 8.42 Å². The fourth-order valence-corrected chi connectivity index (χ4v) is 3.93. The summed E-state index contributed by atoms with van der Waals surface area (Å²) in [7, 11) is -3.52. The molecule has 120 valence electrons. The van der Waals surface area contributed by atoms with Gasteiger partial charge in [0.15, 0.2) is 0 Å². The number of hydrogen-bond acceptors (Lipinski definition) is 4. The van der Waals surface area contributed by atoms with Crippen molar-refractivity contribution in [3.8, 4) is 0 Å². The average Bonchev–Trinajstić information content (AvgIpc) is 2.42. The lowest BCUT2D eigenvalue weighted by Gasteiger charge is -2.20. The van der Waals surface area contributed by atoms with E-state index in [1.807, 2.05) is 0 Å². The van der Waals surface area contributed by atoms with E-state index in [1.54, 1.807) is 26.0 Å². The normalized spacial score (nSPS) is 12.0. The zero-order valence-electron chi connectivity index (χ0n) is 13.4. The fraction of sp³-hybridized carbons (Fsp3) is 0.600. The van der Waals surface area contributed by atoms with Gasteiger partial charge in [0.25, 0.3) is 0 Å². The van der Waals surface area contributed by atoms with E-state index in [0.717, 1.165) is 25.1 Å². The zero-order chi connectivity index (χ0) is 16.0. The maximum atomic E-state index is 12.5. The average molecular weight is 313 g/mol. The summed E-state index contributed by atoms with van der Waals surface area (Å²) < 4.78 is 27.6. The monoisotopic (exact) mass is 313 g/mol. The topological polar surface area (TPSA) is 75.4 Å². The molecule has 0 heterocycles. The van der Waals surface area contributed by atoms with Crippen LogP contribution in [-0.2, 0) is 10.0 Å². The largest absolute Gasteiger partial charge is 0.398 e. The smallest absolute Gasteiger partial charge is 0.241 e. The van der Waals surface area contributed by atoms with Gasteiger partial charge in [-0.05, 0) is 50.6 Å².